The van der Waals surface area contributed by atoms with Gasteiger partial charge in [0.25, 0.3) is 5.91 Å². The molecule has 1 aliphatic heterocycles. The molecule has 5 nitrogen and oxygen atoms in total. The third-order valence-electron chi connectivity index (χ3n) is 2.90. The van der Waals surface area contributed by atoms with Crippen LogP contribution in [0.25, 0.3) is 0 Å². The van der Waals surface area contributed by atoms with Gasteiger partial charge in [-0.1, -0.05) is 15.9 Å². The maximum absolute atomic E-state index is 12.2. The number of carbonyl (C=O) groups excluding carboxylic acids is 2. The lowest BCUT2D eigenvalue weighted by Crippen LogP contribution is -2.29. The number of anilines is 1. The SMILES string of the molecule is CNC1=C(C(=O)OC)CN(c2ccc(Br)cc2)C1=O. The Balaban J connectivity index is 2.32. The molecule has 1 heterocycles. The second kappa shape index (κ2) is 5.44. The number of carbonyl (C=O) groups is 2. The van der Waals surface area contributed by atoms with E-state index in [9.17, 15) is 9.59 Å². The smallest absolute Gasteiger partial charge is 0.337 e. The van der Waals surface area contributed by atoms with Crippen molar-refractivity contribution in [2.45, 2.75) is 0 Å². The van der Waals surface area contributed by atoms with E-state index in [1.807, 2.05) is 24.3 Å². The van der Waals surface area contributed by atoms with Crippen molar-refractivity contribution in [3.63, 3.8) is 0 Å². The summed E-state index contributed by atoms with van der Waals surface area (Å²) in [4.78, 5) is 25.4. The van der Waals surface area contributed by atoms with E-state index in [4.69, 9.17) is 4.74 Å². The number of hydrogen-bond acceptors (Lipinski definition) is 4. The summed E-state index contributed by atoms with van der Waals surface area (Å²) in [5.41, 5.74) is 1.37. The Bertz CT molecular complexity index is 552. The maximum atomic E-state index is 12.2. The Kier molecular flexibility index (Phi) is 3.90. The molecule has 0 aromatic heterocycles. The highest BCUT2D eigenvalue weighted by Crippen LogP contribution is 2.26. The van der Waals surface area contributed by atoms with Crippen LogP contribution in [0.4, 0.5) is 5.69 Å². The Morgan fingerprint density at radius 3 is 2.53 bits per heavy atom. The molecule has 1 aliphatic rings. The van der Waals surface area contributed by atoms with Gasteiger partial charge in [-0.2, -0.15) is 0 Å². The van der Waals surface area contributed by atoms with Gasteiger partial charge in [0.2, 0.25) is 0 Å². The molecule has 2 rings (SSSR count). The molecule has 1 N–H and O–H groups in total. The number of benzene rings is 1. The van der Waals surface area contributed by atoms with Crippen molar-refractivity contribution in [1.82, 2.24) is 5.32 Å². The van der Waals surface area contributed by atoms with Crippen LogP contribution in [0.5, 0.6) is 0 Å². The number of halogens is 1. The highest BCUT2D eigenvalue weighted by molar-refractivity contribution is 9.10. The van der Waals surface area contributed by atoms with Crippen molar-refractivity contribution in [1.29, 1.82) is 0 Å². The topological polar surface area (TPSA) is 58.6 Å². The van der Waals surface area contributed by atoms with E-state index < -0.39 is 5.97 Å². The van der Waals surface area contributed by atoms with Gasteiger partial charge < -0.3 is 15.0 Å². The van der Waals surface area contributed by atoms with E-state index in [1.54, 1.807) is 7.05 Å². The van der Waals surface area contributed by atoms with Crippen LogP contribution < -0.4 is 10.2 Å². The third kappa shape index (κ3) is 2.49. The van der Waals surface area contributed by atoms with Gasteiger partial charge in [0.15, 0.2) is 0 Å². The van der Waals surface area contributed by atoms with Crippen LogP contribution in [0, 0.1) is 0 Å². The van der Waals surface area contributed by atoms with Crippen LogP contribution in [0.15, 0.2) is 40.0 Å². The van der Waals surface area contributed by atoms with Crippen LogP contribution >= 0.6 is 15.9 Å². The van der Waals surface area contributed by atoms with E-state index in [0.717, 1.165) is 10.2 Å². The largest absolute Gasteiger partial charge is 0.466 e. The summed E-state index contributed by atoms with van der Waals surface area (Å²) in [6.45, 7) is 0.212. The van der Waals surface area contributed by atoms with Gasteiger partial charge in [-0.05, 0) is 24.3 Å². The molecule has 0 aliphatic carbocycles. The van der Waals surface area contributed by atoms with Crippen LogP contribution in [0.2, 0.25) is 0 Å². The lowest BCUT2D eigenvalue weighted by Gasteiger charge is -2.16. The fraction of sp³-hybridized carbons (Fsp3) is 0.231. The highest BCUT2D eigenvalue weighted by Gasteiger charge is 2.34. The first-order chi connectivity index (χ1) is 9.08. The van der Waals surface area contributed by atoms with Crippen molar-refractivity contribution in [2.75, 3.05) is 25.6 Å². The number of nitrogens with one attached hydrogen (secondary N) is 1. The normalized spacial score (nSPS) is 14.9. The van der Waals surface area contributed by atoms with Gasteiger partial charge in [0.05, 0.1) is 19.2 Å². The molecule has 0 atom stereocenters. The van der Waals surface area contributed by atoms with E-state index in [0.29, 0.717) is 5.57 Å². The number of ether oxygens (including phenoxy) is 1. The van der Waals surface area contributed by atoms with Crippen LogP contribution in [0.1, 0.15) is 0 Å². The van der Waals surface area contributed by atoms with E-state index in [2.05, 4.69) is 21.2 Å². The molecule has 0 bridgehead atoms. The van der Waals surface area contributed by atoms with Crippen molar-refractivity contribution < 1.29 is 14.3 Å². The number of nitrogens with zero attached hydrogens (tertiary/aromatic N) is 1. The van der Waals surface area contributed by atoms with Gasteiger partial charge in [-0.15, -0.1) is 0 Å². The molecule has 0 spiro atoms. The quantitative estimate of drug-likeness (QED) is 0.855. The zero-order chi connectivity index (χ0) is 14.0. The van der Waals surface area contributed by atoms with Crippen LogP contribution in [-0.2, 0) is 14.3 Å². The third-order valence-corrected chi connectivity index (χ3v) is 3.43. The Hall–Kier alpha value is -1.82. The molecule has 100 valence electrons. The van der Waals surface area contributed by atoms with Crippen LogP contribution in [-0.4, -0.2) is 32.6 Å². The molecular formula is C13H13BrN2O3. The minimum Gasteiger partial charge on any atom is -0.466 e. The highest BCUT2D eigenvalue weighted by atomic mass is 79.9. The van der Waals surface area contributed by atoms with Gasteiger partial charge in [0.1, 0.15) is 5.70 Å². The molecule has 0 radical (unpaired) electrons. The van der Waals surface area contributed by atoms with Gasteiger partial charge in [-0.3, -0.25) is 4.79 Å². The maximum Gasteiger partial charge on any atom is 0.337 e. The fourth-order valence-electron chi connectivity index (χ4n) is 1.95. The first-order valence-corrected chi connectivity index (χ1v) is 6.44. The lowest BCUT2D eigenvalue weighted by molar-refractivity contribution is -0.136. The van der Waals surface area contributed by atoms with Gasteiger partial charge in [-0.25, -0.2) is 4.79 Å². The van der Waals surface area contributed by atoms with E-state index >= 15 is 0 Å². The number of likely N-dealkylation sites (N-methyl/N-ethyl adjacent to an activating group) is 1. The summed E-state index contributed by atoms with van der Waals surface area (Å²) in [5, 5.41) is 2.77. The second-order valence-electron chi connectivity index (χ2n) is 3.96. The summed E-state index contributed by atoms with van der Waals surface area (Å²) >= 11 is 3.34. The Morgan fingerprint density at radius 2 is 2.00 bits per heavy atom. The summed E-state index contributed by atoms with van der Waals surface area (Å²) in [7, 11) is 2.91. The molecule has 0 unspecified atom stereocenters. The minimum absolute atomic E-state index is 0.212. The number of methoxy groups -OCH3 is 1. The Labute approximate surface area is 119 Å². The Morgan fingerprint density at radius 1 is 1.37 bits per heavy atom. The zero-order valence-electron chi connectivity index (χ0n) is 10.6. The molecule has 6 heteroatoms. The summed E-state index contributed by atoms with van der Waals surface area (Å²) < 4.78 is 5.62. The second-order valence-corrected chi connectivity index (χ2v) is 4.88. The van der Waals surface area contributed by atoms with Crippen molar-refractivity contribution in [2.24, 2.45) is 0 Å². The zero-order valence-corrected chi connectivity index (χ0v) is 12.2. The summed E-state index contributed by atoms with van der Waals surface area (Å²) in [5.74, 6) is -0.720. The number of hydrogen-bond donors (Lipinski definition) is 1. The molecule has 1 amide bonds. The number of esters is 1. The predicted molar refractivity (Wildman–Crippen MR) is 74.6 cm³/mol. The number of rotatable bonds is 3. The molecule has 1 aromatic carbocycles. The van der Waals surface area contributed by atoms with E-state index in [-0.39, 0.29) is 18.1 Å². The first kappa shape index (κ1) is 13.6. The van der Waals surface area contributed by atoms with Gasteiger partial charge in [0, 0.05) is 17.2 Å². The van der Waals surface area contributed by atoms with Crippen molar-refractivity contribution in [3.8, 4) is 0 Å². The molecule has 19 heavy (non-hydrogen) atoms. The molecule has 0 fully saturated rings. The van der Waals surface area contributed by atoms with Crippen molar-refractivity contribution in [3.05, 3.63) is 40.0 Å². The fourth-order valence-corrected chi connectivity index (χ4v) is 2.21. The van der Waals surface area contributed by atoms with Crippen molar-refractivity contribution >= 4 is 33.5 Å². The molecular weight excluding hydrogens is 312 g/mol. The average Bonchev–Trinajstić information content (AvgIpc) is 2.76. The van der Waals surface area contributed by atoms with E-state index in [1.165, 1.54) is 12.0 Å². The standard InChI is InChI=1S/C13H13BrN2O3/c1-15-11-10(13(18)19-2)7-16(12(11)17)9-5-3-8(14)4-6-9/h3-6,15H,7H2,1-2H3. The van der Waals surface area contributed by atoms with Gasteiger partial charge >= 0.3 is 5.97 Å². The number of amides is 1. The minimum atomic E-state index is -0.489. The molecule has 0 saturated carbocycles. The summed E-state index contributed by atoms with van der Waals surface area (Å²) in [6, 6.07) is 7.32. The molecule has 0 saturated heterocycles. The lowest BCUT2D eigenvalue weighted by atomic mass is 10.2. The first-order valence-electron chi connectivity index (χ1n) is 5.65. The monoisotopic (exact) mass is 324 g/mol. The summed E-state index contributed by atoms with van der Waals surface area (Å²) in [6.07, 6.45) is 0. The predicted octanol–water partition coefficient (Wildman–Crippen LogP) is 1.44. The average molecular weight is 325 g/mol. The molecule has 1 aromatic rings. The van der Waals surface area contributed by atoms with Crippen LogP contribution in [0.3, 0.4) is 0 Å².